The number of anilines is 3. The normalized spacial score (nSPS) is 14.3. The minimum absolute atomic E-state index is 0. The summed E-state index contributed by atoms with van der Waals surface area (Å²) in [6.45, 7) is 4.52. The van der Waals surface area contributed by atoms with Crippen molar-refractivity contribution in [2.75, 3.05) is 4.90 Å². The van der Waals surface area contributed by atoms with Crippen LogP contribution in [0.5, 0.6) is 0 Å². The van der Waals surface area contributed by atoms with Crippen LogP contribution in [0.3, 0.4) is 0 Å². The second kappa shape index (κ2) is 11.1. The molecule has 10 rings (SSSR count). The number of imidazole rings is 1. The summed E-state index contributed by atoms with van der Waals surface area (Å²) >= 11 is 1.79. The topological polar surface area (TPSA) is 33.4 Å². The van der Waals surface area contributed by atoms with Crippen molar-refractivity contribution in [1.82, 2.24) is 14.4 Å². The molecule has 0 bridgehead atoms. The molecule has 9 aromatic rings. The maximum absolute atomic E-state index is 16.8. The number of aromatic nitrogens is 3. The molecule has 4 nitrogen and oxygen atoms in total. The zero-order valence-electron chi connectivity index (χ0n) is 26.5. The fourth-order valence-electron chi connectivity index (χ4n) is 7.62. The van der Waals surface area contributed by atoms with Crippen molar-refractivity contribution in [3.63, 3.8) is 0 Å². The number of benzene rings is 5. The van der Waals surface area contributed by atoms with E-state index in [1.165, 1.54) is 25.7 Å². The molecule has 0 radical (unpaired) electrons. The molecule has 0 saturated carbocycles. The van der Waals surface area contributed by atoms with Crippen LogP contribution in [0.1, 0.15) is 42.3 Å². The van der Waals surface area contributed by atoms with Crippen LogP contribution in [0, 0.1) is 12.1 Å². The van der Waals surface area contributed by atoms with Crippen LogP contribution in [-0.2, 0) is 26.5 Å². The molecule has 1 atom stereocenters. The monoisotopic (exact) mass is 833 g/mol. The molecule has 5 heterocycles. The number of nitrogens with zero attached hydrogens (tertiary/aromatic N) is 4. The number of hydrogen-bond donors (Lipinski definition) is 0. The third kappa shape index (κ3) is 4.30. The smallest absolute Gasteiger partial charge is 0.340 e. The molecule has 7 heteroatoms. The molecule has 5 aromatic carbocycles. The van der Waals surface area contributed by atoms with E-state index in [0.717, 1.165) is 50.1 Å². The average molecular weight is 834 g/mol. The summed E-state index contributed by atoms with van der Waals surface area (Å²) in [6.07, 6.45) is 4.12. The van der Waals surface area contributed by atoms with Crippen molar-refractivity contribution in [1.29, 1.82) is 0 Å². The van der Waals surface area contributed by atoms with Crippen molar-refractivity contribution in [3.8, 4) is 0 Å². The predicted molar refractivity (Wildman–Crippen MR) is 195 cm³/mol. The van der Waals surface area contributed by atoms with E-state index in [1.54, 1.807) is 17.5 Å². The Hall–Kier alpha value is -4.90. The summed E-state index contributed by atoms with van der Waals surface area (Å²) in [7, 11) is 0. The molecule has 238 valence electrons. The van der Waals surface area contributed by atoms with E-state index in [-0.39, 0.29) is 26.5 Å². The van der Waals surface area contributed by atoms with Crippen LogP contribution >= 0.6 is 11.3 Å². The van der Waals surface area contributed by atoms with Gasteiger partial charge in [0, 0.05) is 50.6 Å². The van der Waals surface area contributed by atoms with Crippen LogP contribution in [0.2, 0.25) is 0 Å². The first-order chi connectivity index (χ1) is 23.5. The fourth-order valence-corrected chi connectivity index (χ4v) is 8.86. The van der Waals surface area contributed by atoms with E-state index in [0.29, 0.717) is 11.1 Å². The van der Waals surface area contributed by atoms with Crippen molar-refractivity contribution >= 4 is 76.0 Å². The first-order valence-electron chi connectivity index (χ1n) is 16.1. The average Bonchev–Trinajstić information content (AvgIpc) is 3.78. The Bertz CT molecular complexity index is 2760. The Morgan fingerprint density at radius 1 is 0.714 bits per heavy atom. The Morgan fingerprint density at radius 2 is 1.51 bits per heavy atom. The third-order valence-electron chi connectivity index (χ3n) is 9.97. The fraction of sp³-hybridized carbons (Fsp3) is 0.0952. The van der Waals surface area contributed by atoms with Crippen molar-refractivity contribution in [3.05, 3.63) is 156 Å². The van der Waals surface area contributed by atoms with Gasteiger partial charge < -0.3 is 9.30 Å². The van der Waals surface area contributed by atoms with Gasteiger partial charge in [-0.25, -0.2) is 9.37 Å². The van der Waals surface area contributed by atoms with E-state index in [1.807, 2.05) is 65.3 Å². The molecule has 0 spiro atoms. The molecule has 1 aliphatic heterocycles. The van der Waals surface area contributed by atoms with Crippen molar-refractivity contribution < 1.29 is 25.5 Å². The second-order valence-electron chi connectivity index (χ2n) is 13.0. The molecule has 49 heavy (non-hydrogen) atoms. The zero-order valence-corrected chi connectivity index (χ0v) is 29.6. The third-order valence-corrected chi connectivity index (χ3v) is 11.2. The number of pyridine rings is 2. The number of hydrogen-bond acceptors (Lipinski definition) is 4. The van der Waals surface area contributed by atoms with Gasteiger partial charge in [0.05, 0.1) is 16.0 Å². The Kier molecular flexibility index (Phi) is 6.81. The van der Waals surface area contributed by atoms with Crippen LogP contribution in [0.25, 0.3) is 47.5 Å². The van der Waals surface area contributed by atoms with Crippen molar-refractivity contribution in [2.45, 2.75) is 25.4 Å². The molecule has 0 amide bonds. The zero-order chi connectivity index (χ0) is 32.1. The van der Waals surface area contributed by atoms with Crippen LogP contribution in [0.15, 0.2) is 122 Å². The maximum atomic E-state index is 16.8. The predicted octanol–water partition coefficient (Wildman–Crippen LogP) is 11.2. The van der Waals surface area contributed by atoms with Crippen molar-refractivity contribution in [2.24, 2.45) is 0 Å². The minimum atomic E-state index is -1.44. The summed E-state index contributed by atoms with van der Waals surface area (Å²) < 4.78 is 21.2. The molecule has 0 fully saturated rings. The van der Waals surface area contributed by atoms with Gasteiger partial charge in [-0.05, 0) is 29.1 Å². The molecule has 0 aliphatic carbocycles. The second-order valence-corrected chi connectivity index (χ2v) is 14.0. The first-order valence-corrected chi connectivity index (χ1v) is 16.9. The van der Waals surface area contributed by atoms with E-state index in [4.69, 9.17) is 4.98 Å². The summed E-state index contributed by atoms with van der Waals surface area (Å²) in [5.74, 6) is 0.842. The summed E-state index contributed by atoms with van der Waals surface area (Å²) in [4.78, 5) is 11.8. The molecule has 0 N–H and O–H groups in total. The summed E-state index contributed by atoms with van der Waals surface area (Å²) in [5, 5.41) is 5.32. The number of thiophene rings is 1. The first kappa shape index (κ1) is 30.2. The van der Waals surface area contributed by atoms with Gasteiger partial charge in [-0.2, -0.15) is 18.2 Å². The molecular formula is C42H27FN4PtS. The maximum Gasteiger partial charge on any atom is 2.00 e. The van der Waals surface area contributed by atoms with Gasteiger partial charge in [-0.1, -0.05) is 90.5 Å². The van der Waals surface area contributed by atoms with E-state index in [2.05, 4.69) is 90.5 Å². The van der Waals surface area contributed by atoms with Gasteiger partial charge in [-0.3, -0.25) is 4.98 Å². The van der Waals surface area contributed by atoms with E-state index in [9.17, 15) is 0 Å². The van der Waals surface area contributed by atoms with Gasteiger partial charge in [0.15, 0.2) is 0 Å². The summed E-state index contributed by atoms with van der Waals surface area (Å²) in [5.41, 5.74) is 6.57. The van der Waals surface area contributed by atoms with Gasteiger partial charge >= 0.3 is 21.1 Å². The summed E-state index contributed by atoms with van der Waals surface area (Å²) in [6, 6.07) is 41.9. The molecule has 4 aromatic heterocycles. The SMILES string of the molecule is CC1(C)c2cccnc2N(c2[c-]c(C(F)c3[c-]c4c(cc3)c3ccccc3n3ccnc43)ccc2)c2c1ccc1c2sc2ccccc21.[Pt+2]. The van der Waals surface area contributed by atoms with Gasteiger partial charge in [0.25, 0.3) is 0 Å². The van der Waals surface area contributed by atoms with Gasteiger partial charge in [0.2, 0.25) is 0 Å². The number of alkyl halides is 1. The number of rotatable bonds is 3. The van der Waals surface area contributed by atoms with Crippen LogP contribution in [0.4, 0.5) is 21.6 Å². The van der Waals surface area contributed by atoms with E-state index >= 15 is 4.39 Å². The Labute approximate surface area is 300 Å². The molecule has 0 saturated heterocycles. The largest absolute Gasteiger partial charge is 2.00 e. The molecule has 1 unspecified atom stereocenters. The quantitative estimate of drug-likeness (QED) is 0.131. The number of halogens is 1. The van der Waals surface area contributed by atoms with Crippen LogP contribution < -0.4 is 4.90 Å². The molecular weight excluding hydrogens is 807 g/mol. The molecule has 1 aliphatic rings. The van der Waals surface area contributed by atoms with E-state index < -0.39 is 6.17 Å². The number of fused-ring (bicyclic) bond motifs is 12. The Morgan fingerprint density at radius 3 is 2.41 bits per heavy atom. The number of para-hydroxylation sites is 1. The van der Waals surface area contributed by atoms with Gasteiger partial charge in [0.1, 0.15) is 12.0 Å². The van der Waals surface area contributed by atoms with Gasteiger partial charge in [-0.15, -0.1) is 41.2 Å². The Balaban J connectivity index is 0.00000325. The van der Waals surface area contributed by atoms with Crippen LogP contribution in [-0.4, -0.2) is 14.4 Å². The standard InChI is InChI=1S/C42H27FN4S.Pt/c1-42(2)33-19-18-31-30-12-4-6-15-36(30)48-39(31)38(33)47(41-34(42)13-8-20-44-41)27-10-7-9-25(23-27)37(43)26-16-17-28-29-11-3-5-14-35(29)46-22-21-45-40(46)32(28)24-26;/h3-22,37H,1-2H3;/q-2;+2. The minimum Gasteiger partial charge on any atom is -0.340 e.